The number of hydrogen-bond acceptors (Lipinski definition) is 1. The van der Waals surface area contributed by atoms with E-state index in [0.29, 0.717) is 0 Å². The smallest absolute Gasteiger partial charge is 0.140 e. The van der Waals surface area contributed by atoms with E-state index in [1.807, 2.05) is 0 Å². The van der Waals surface area contributed by atoms with Crippen LogP contribution in [0.25, 0.3) is 60.2 Å². The highest BCUT2D eigenvalue weighted by Gasteiger charge is 2.24. The maximum Gasteiger partial charge on any atom is 0.140 e. The number of aromatic nitrogens is 2. The molecule has 1 heterocycles. The molecular formula is C32H29B7N2. The normalized spacial score (nSPS) is 11.7. The van der Waals surface area contributed by atoms with Crippen LogP contribution in [0.3, 0.4) is 0 Å². The molecule has 188 valence electrons. The monoisotopic (exact) mass is 518 g/mol. The number of rotatable bonds is 2. The predicted octanol–water partition coefficient (Wildman–Crippen LogP) is -3.73. The molecule has 7 aromatic rings. The van der Waals surface area contributed by atoms with Crippen LogP contribution < -0.4 is 38.2 Å². The van der Waals surface area contributed by atoms with Crippen LogP contribution in [-0.2, 0) is 0 Å². The minimum Gasteiger partial charge on any atom is -0.295 e. The van der Waals surface area contributed by atoms with Crippen LogP contribution in [0.5, 0.6) is 0 Å². The van der Waals surface area contributed by atoms with Crippen LogP contribution in [0.4, 0.5) is 0 Å². The van der Waals surface area contributed by atoms with E-state index in [4.69, 9.17) is 4.98 Å². The van der Waals surface area contributed by atoms with Gasteiger partial charge in [0.2, 0.25) is 0 Å². The molecule has 9 heteroatoms. The van der Waals surface area contributed by atoms with E-state index in [1.165, 1.54) is 87.4 Å². The summed E-state index contributed by atoms with van der Waals surface area (Å²) in [6.45, 7) is 2.12. The first kappa shape index (κ1) is 26.0. The summed E-state index contributed by atoms with van der Waals surface area (Å²) in [6, 6.07) is 26.4. The molecule has 2 nitrogen and oxygen atoms in total. The van der Waals surface area contributed by atoms with E-state index in [0.717, 1.165) is 16.9 Å². The molecule has 0 saturated heterocycles. The van der Waals surface area contributed by atoms with Gasteiger partial charge in [0.05, 0.1) is 16.7 Å². The molecular weight excluding hydrogens is 488 g/mol. The van der Waals surface area contributed by atoms with Crippen molar-refractivity contribution in [2.45, 2.75) is 6.92 Å². The van der Waals surface area contributed by atoms with Gasteiger partial charge in [-0.2, -0.15) is 0 Å². The Bertz CT molecular complexity index is 2200. The summed E-state index contributed by atoms with van der Waals surface area (Å²) in [5.41, 5.74) is 15.8. The lowest BCUT2D eigenvalue weighted by atomic mass is 9.58. The summed E-state index contributed by atoms with van der Waals surface area (Å²) in [5, 5.41) is 7.89. The van der Waals surface area contributed by atoms with Crippen molar-refractivity contribution < 1.29 is 0 Å². The SMILES string of the molecule is Bc1c(B)c(B)c2c(B)c(-c3c4ccccc4c(-n4c(C)nc5ccccc54)c4ccccc34)c(B)c(B)c2c1B. The number of para-hydroxylation sites is 2. The minimum absolute atomic E-state index is 1.00. The molecule has 0 aliphatic heterocycles. The zero-order chi connectivity index (χ0) is 28.7. The highest BCUT2D eigenvalue weighted by molar-refractivity contribution is 6.72. The Balaban J connectivity index is 1.72. The first-order valence-corrected chi connectivity index (χ1v) is 14.6. The third-order valence-corrected chi connectivity index (χ3v) is 9.86. The van der Waals surface area contributed by atoms with Gasteiger partial charge in [0, 0.05) is 10.8 Å². The Morgan fingerprint density at radius 3 is 1.54 bits per heavy atom. The van der Waals surface area contributed by atoms with E-state index in [9.17, 15) is 0 Å². The van der Waals surface area contributed by atoms with Crippen molar-refractivity contribution in [3.63, 3.8) is 0 Å². The Morgan fingerprint density at radius 1 is 0.488 bits per heavy atom. The van der Waals surface area contributed by atoms with Crippen molar-refractivity contribution in [2.24, 2.45) is 0 Å². The van der Waals surface area contributed by atoms with Crippen molar-refractivity contribution in [1.82, 2.24) is 9.55 Å². The van der Waals surface area contributed by atoms with Gasteiger partial charge in [0.25, 0.3) is 0 Å². The molecule has 0 unspecified atom stereocenters. The highest BCUT2D eigenvalue weighted by Crippen LogP contribution is 2.41. The van der Waals surface area contributed by atoms with E-state index < -0.39 is 0 Å². The second-order valence-corrected chi connectivity index (χ2v) is 11.8. The summed E-state index contributed by atoms with van der Waals surface area (Å²) in [6.07, 6.45) is 0. The average molecular weight is 517 g/mol. The molecule has 0 atom stereocenters. The van der Waals surface area contributed by atoms with Gasteiger partial charge in [-0.05, 0) is 51.7 Å². The van der Waals surface area contributed by atoms with Crippen molar-refractivity contribution in [3.05, 3.63) is 78.6 Å². The topological polar surface area (TPSA) is 17.8 Å². The molecule has 0 amide bonds. The van der Waals surface area contributed by atoms with Gasteiger partial charge in [-0.15, -0.1) is 10.9 Å². The standard InChI is InChI=1S/C32H29B7N2/c1-14-40-19-12-6-7-13-20(19)41(14)32-17-10-4-2-8-15(17)21(16-9-3-5-11-18(16)32)22-25(33)23-24(27(35)26(22)34)29(37)31(39)30(38)28(23)36/h2-13H,33-39H2,1H3. The van der Waals surface area contributed by atoms with Gasteiger partial charge in [-0.1, -0.05) is 88.0 Å². The molecule has 0 bridgehead atoms. The lowest BCUT2D eigenvalue weighted by Crippen LogP contribution is -2.52. The van der Waals surface area contributed by atoms with E-state index in [-0.39, 0.29) is 0 Å². The fourth-order valence-electron chi connectivity index (χ4n) is 7.45. The quantitative estimate of drug-likeness (QED) is 0.171. The maximum absolute atomic E-state index is 4.95. The largest absolute Gasteiger partial charge is 0.295 e. The minimum atomic E-state index is 1.00. The van der Waals surface area contributed by atoms with Crippen LogP contribution in [0.1, 0.15) is 5.82 Å². The van der Waals surface area contributed by atoms with E-state index in [1.54, 1.807) is 0 Å². The third-order valence-electron chi connectivity index (χ3n) is 9.86. The zero-order valence-electron chi connectivity index (χ0n) is 25.3. The number of imidazole rings is 1. The summed E-state index contributed by atoms with van der Waals surface area (Å²) in [5.74, 6) is 1.00. The van der Waals surface area contributed by atoms with Crippen molar-refractivity contribution in [3.8, 4) is 16.8 Å². The fourth-order valence-corrected chi connectivity index (χ4v) is 7.45. The molecule has 41 heavy (non-hydrogen) atoms. The third kappa shape index (κ3) is 3.51. The molecule has 0 aliphatic carbocycles. The second kappa shape index (κ2) is 9.28. The van der Waals surface area contributed by atoms with Crippen LogP contribution in [0, 0.1) is 6.92 Å². The molecule has 0 saturated carbocycles. The van der Waals surface area contributed by atoms with E-state index >= 15 is 0 Å². The molecule has 0 N–H and O–H groups in total. The number of hydrogen-bond donors (Lipinski definition) is 0. The van der Waals surface area contributed by atoms with Crippen molar-refractivity contribution in [2.75, 3.05) is 0 Å². The van der Waals surface area contributed by atoms with Crippen LogP contribution in [-0.4, -0.2) is 64.5 Å². The van der Waals surface area contributed by atoms with Crippen LogP contribution in [0.15, 0.2) is 72.8 Å². The number of fused-ring (bicyclic) bond motifs is 4. The first-order chi connectivity index (χ1) is 19.7. The second-order valence-electron chi connectivity index (χ2n) is 11.8. The van der Waals surface area contributed by atoms with Crippen molar-refractivity contribution in [1.29, 1.82) is 0 Å². The number of nitrogens with zero attached hydrogens (tertiary/aromatic N) is 2. The molecule has 6 aromatic carbocycles. The van der Waals surface area contributed by atoms with Gasteiger partial charge >= 0.3 is 0 Å². The Kier molecular flexibility index (Phi) is 5.87. The molecule has 0 fully saturated rings. The molecule has 0 radical (unpaired) electrons. The Morgan fingerprint density at radius 2 is 0.951 bits per heavy atom. The maximum atomic E-state index is 4.95. The highest BCUT2D eigenvalue weighted by atomic mass is 15.1. The fraction of sp³-hybridized carbons (Fsp3) is 0.0312. The van der Waals surface area contributed by atoms with Gasteiger partial charge in [-0.3, -0.25) is 4.57 Å². The molecule has 7 rings (SSSR count). The molecule has 0 spiro atoms. The molecule has 0 aliphatic rings. The average Bonchev–Trinajstić information content (AvgIpc) is 3.31. The van der Waals surface area contributed by atoms with Crippen molar-refractivity contribution >= 4 is 137 Å². The Hall–Kier alpha value is -3.98. The van der Waals surface area contributed by atoms with E-state index in [2.05, 4.69) is 139 Å². The summed E-state index contributed by atoms with van der Waals surface area (Å²) < 4.78 is 2.36. The first-order valence-electron chi connectivity index (χ1n) is 14.6. The van der Waals surface area contributed by atoms with Gasteiger partial charge < -0.3 is 0 Å². The van der Waals surface area contributed by atoms with Crippen LogP contribution in [0.2, 0.25) is 0 Å². The van der Waals surface area contributed by atoms with Gasteiger partial charge in [-0.25, -0.2) is 4.98 Å². The lowest BCUT2D eigenvalue weighted by Gasteiger charge is -2.26. The zero-order valence-corrected chi connectivity index (χ0v) is 25.3. The summed E-state index contributed by atoms with van der Waals surface area (Å²) in [4.78, 5) is 4.95. The van der Waals surface area contributed by atoms with Gasteiger partial charge in [0.1, 0.15) is 60.7 Å². The number of benzene rings is 6. The Labute approximate surface area is 247 Å². The van der Waals surface area contributed by atoms with Gasteiger partial charge in [0.15, 0.2) is 0 Å². The number of aryl methyl sites for hydroxylation is 1. The summed E-state index contributed by atoms with van der Waals surface area (Å²) >= 11 is 0. The summed E-state index contributed by atoms with van der Waals surface area (Å²) in [7, 11) is 16.2. The predicted molar refractivity (Wildman–Crippen MR) is 201 cm³/mol. The molecule has 1 aromatic heterocycles. The lowest BCUT2D eigenvalue weighted by molar-refractivity contribution is 1.02. The van der Waals surface area contributed by atoms with Crippen LogP contribution >= 0.6 is 0 Å².